The van der Waals surface area contributed by atoms with Crippen LogP contribution in [0.25, 0.3) is 0 Å². The molecule has 0 saturated heterocycles. The molecule has 5 nitrogen and oxygen atoms in total. The van der Waals surface area contributed by atoms with E-state index in [1.54, 1.807) is 0 Å². The summed E-state index contributed by atoms with van der Waals surface area (Å²) in [6.45, 7) is 1.34. The average molecular weight is 178 g/mol. The molecule has 0 spiro atoms. The highest BCUT2D eigenvalue weighted by atomic mass is 31.1. The monoisotopic (exact) mass is 178 g/mol. The van der Waals surface area contributed by atoms with Gasteiger partial charge in [-0.15, -0.1) is 0 Å². The van der Waals surface area contributed by atoms with E-state index in [4.69, 9.17) is 5.26 Å². The van der Waals surface area contributed by atoms with Crippen molar-refractivity contribution in [1.29, 1.82) is 0 Å². The van der Waals surface area contributed by atoms with Gasteiger partial charge in [0.2, 0.25) is 0 Å². The molecule has 0 aliphatic heterocycles. The topological polar surface area (TPSA) is 86.7 Å². The Labute approximate surface area is 64.1 Å². The van der Waals surface area contributed by atoms with Gasteiger partial charge in [0.05, 0.1) is 0 Å². The van der Waals surface area contributed by atoms with Crippen LogP contribution in [-0.4, -0.2) is 17.4 Å². The normalized spacial score (nSPS) is 12.6. The maximum absolute atomic E-state index is 10.4. The Kier molecular flexibility index (Phi) is 4.61. The minimum atomic E-state index is -2.53. The largest absolute Gasteiger partial charge is 0.595 e. The van der Waals surface area contributed by atoms with Gasteiger partial charge >= 0.3 is 14.0 Å². The summed E-state index contributed by atoms with van der Waals surface area (Å²) in [6.07, 6.45) is 0.931. The van der Waals surface area contributed by atoms with Crippen LogP contribution >= 0.6 is 8.03 Å². The van der Waals surface area contributed by atoms with Crippen LogP contribution in [0.3, 0.4) is 0 Å². The van der Waals surface area contributed by atoms with E-state index in [1.807, 2.05) is 0 Å². The molecular formula is C5H7O5P. The molecule has 62 valence electrons. The molecule has 11 heavy (non-hydrogen) atoms. The standard InChI is InChI=1S/C5H7O5P/c1-4(5(6)10-7)2-3-11(8)9/h2,7H,3H2,1H3. The SMILES string of the molecule is CC(=CC[P+](=O)[O-])C(=O)OO. The maximum Gasteiger partial charge on any atom is 0.368 e. The first-order valence-corrected chi connectivity index (χ1v) is 4.08. The minimum Gasteiger partial charge on any atom is -0.595 e. The zero-order valence-corrected chi connectivity index (χ0v) is 6.71. The van der Waals surface area contributed by atoms with Crippen LogP contribution in [0.2, 0.25) is 0 Å². The second-order valence-electron chi connectivity index (χ2n) is 1.78. The third-order valence-corrected chi connectivity index (χ3v) is 1.43. The van der Waals surface area contributed by atoms with E-state index in [2.05, 4.69) is 4.89 Å². The Hall–Kier alpha value is -0.770. The van der Waals surface area contributed by atoms with E-state index in [-0.39, 0.29) is 11.7 Å². The summed E-state index contributed by atoms with van der Waals surface area (Å²) in [6, 6.07) is 0. The number of carbonyl (C=O) groups excluding carboxylic acids is 1. The van der Waals surface area contributed by atoms with Gasteiger partial charge in [-0.05, 0) is 13.0 Å². The average Bonchev–Trinajstić information content (AvgIpc) is 1.98. The fraction of sp³-hybridized carbons (Fsp3) is 0.400. The molecule has 0 aliphatic carbocycles. The molecule has 1 unspecified atom stereocenters. The summed E-state index contributed by atoms with van der Waals surface area (Å²) < 4.78 is 9.99. The zero-order chi connectivity index (χ0) is 8.85. The number of rotatable bonds is 3. The fourth-order valence-corrected chi connectivity index (χ4v) is 0.790. The van der Waals surface area contributed by atoms with Crippen molar-refractivity contribution in [2.75, 3.05) is 6.16 Å². The molecule has 0 radical (unpaired) electrons. The lowest BCUT2D eigenvalue weighted by Gasteiger charge is -1.92. The molecule has 0 fully saturated rings. The summed E-state index contributed by atoms with van der Waals surface area (Å²) in [5.41, 5.74) is 0.0618. The van der Waals surface area contributed by atoms with Crippen molar-refractivity contribution >= 4 is 14.0 Å². The lowest BCUT2D eigenvalue weighted by atomic mass is 10.3. The summed E-state index contributed by atoms with van der Waals surface area (Å²) in [7, 11) is -2.53. The molecule has 0 saturated carbocycles. The highest BCUT2D eigenvalue weighted by Crippen LogP contribution is 2.08. The first-order valence-electron chi connectivity index (χ1n) is 2.72. The Morgan fingerprint density at radius 3 is 2.73 bits per heavy atom. The molecule has 0 aromatic heterocycles. The lowest BCUT2D eigenvalue weighted by molar-refractivity contribution is -0.229. The van der Waals surface area contributed by atoms with Crippen LogP contribution in [0.1, 0.15) is 6.92 Å². The zero-order valence-electron chi connectivity index (χ0n) is 5.81. The molecular weight excluding hydrogens is 171 g/mol. The molecule has 1 atom stereocenters. The summed E-state index contributed by atoms with van der Waals surface area (Å²) >= 11 is 0. The molecule has 0 rings (SSSR count). The first kappa shape index (κ1) is 10.2. The van der Waals surface area contributed by atoms with E-state index in [0.717, 1.165) is 6.08 Å². The summed E-state index contributed by atoms with van der Waals surface area (Å²) in [5, 5.41) is 7.83. The fourth-order valence-electron chi connectivity index (χ4n) is 0.367. The van der Waals surface area contributed by atoms with Crippen molar-refractivity contribution in [3.8, 4) is 0 Å². The van der Waals surface area contributed by atoms with E-state index < -0.39 is 14.0 Å². The second kappa shape index (κ2) is 4.96. The molecule has 0 aromatic rings. The van der Waals surface area contributed by atoms with Crippen LogP contribution in [0.4, 0.5) is 0 Å². The van der Waals surface area contributed by atoms with Crippen molar-refractivity contribution in [2.24, 2.45) is 0 Å². The molecule has 0 bridgehead atoms. The highest BCUT2D eigenvalue weighted by molar-refractivity contribution is 7.36. The van der Waals surface area contributed by atoms with Crippen molar-refractivity contribution in [2.45, 2.75) is 6.92 Å². The van der Waals surface area contributed by atoms with Crippen molar-refractivity contribution in [1.82, 2.24) is 0 Å². The van der Waals surface area contributed by atoms with Gasteiger partial charge in [-0.2, -0.15) is 5.26 Å². The van der Waals surface area contributed by atoms with E-state index in [9.17, 15) is 14.3 Å². The second-order valence-corrected chi connectivity index (χ2v) is 2.81. The Bertz CT molecular complexity index is 197. The first-order chi connectivity index (χ1) is 5.07. The van der Waals surface area contributed by atoms with Gasteiger partial charge in [-0.3, -0.25) is 4.89 Å². The van der Waals surface area contributed by atoms with Gasteiger partial charge in [-0.1, -0.05) is 4.57 Å². The Morgan fingerprint density at radius 2 is 2.36 bits per heavy atom. The van der Waals surface area contributed by atoms with Gasteiger partial charge in [0.15, 0.2) is 6.16 Å². The molecule has 0 aromatic carbocycles. The van der Waals surface area contributed by atoms with E-state index >= 15 is 0 Å². The van der Waals surface area contributed by atoms with Crippen LogP contribution < -0.4 is 4.89 Å². The molecule has 6 heteroatoms. The van der Waals surface area contributed by atoms with Gasteiger partial charge in [0.1, 0.15) is 0 Å². The molecule has 0 heterocycles. The molecule has 0 aliphatic rings. The Morgan fingerprint density at radius 1 is 1.82 bits per heavy atom. The van der Waals surface area contributed by atoms with Crippen molar-refractivity contribution in [3.63, 3.8) is 0 Å². The molecule has 0 amide bonds. The molecule has 1 N–H and O–H groups in total. The Balaban J connectivity index is 4.00. The number of hydrogen-bond donors (Lipinski definition) is 1. The van der Waals surface area contributed by atoms with Crippen molar-refractivity contribution in [3.05, 3.63) is 11.6 Å². The maximum atomic E-state index is 10.4. The van der Waals surface area contributed by atoms with Crippen LogP contribution in [-0.2, 0) is 14.2 Å². The quantitative estimate of drug-likeness (QED) is 0.285. The minimum absolute atomic E-state index is 0.0618. The summed E-state index contributed by atoms with van der Waals surface area (Å²) in [4.78, 5) is 23.7. The number of carbonyl (C=O) groups is 1. The summed E-state index contributed by atoms with van der Waals surface area (Å²) in [5.74, 6) is -0.943. The van der Waals surface area contributed by atoms with Crippen molar-refractivity contribution < 1.29 is 24.4 Å². The third-order valence-electron chi connectivity index (χ3n) is 0.951. The van der Waals surface area contributed by atoms with Crippen LogP contribution in [0.5, 0.6) is 0 Å². The predicted octanol–water partition coefficient (Wildman–Crippen LogP) is 0.0516. The predicted molar refractivity (Wildman–Crippen MR) is 35.0 cm³/mol. The van der Waals surface area contributed by atoms with E-state index in [0.29, 0.717) is 0 Å². The van der Waals surface area contributed by atoms with Gasteiger partial charge in [0.25, 0.3) is 0 Å². The van der Waals surface area contributed by atoms with Crippen LogP contribution in [0, 0.1) is 0 Å². The van der Waals surface area contributed by atoms with Gasteiger partial charge in [-0.25, -0.2) is 4.79 Å². The lowest BCUT2D eigenvalue weighted by Crippen LogP contribution is -2.02. The number of allylic oxidation sites excluding steroid dienone is 1. The highest BCUT2D eigenvalue weighted by Gasteiger charge is 2.06. The number of hydrogen-bond acceptors (Lipinski definition) is 5. The third kappa shape index (κ3) is 4.61. The smallest absolute Gasteiger partial charge is 0.368 e. The van der Waals surface area contributed by atoms with Gasteiger partial charge in [0, 0.05) is 5.57 Å². The van der Waals surface area contributed by atoms with Crippen LogP contribution in [0.15, 0.2) is 11.6 Å². The van der Waals surface area contributed by atoms with E-state index in [1.165, 1.54) is 6.92 Å². The van der Waals surface area contributed by atoms with Gasteiger partial charge < -0.3 is 4.89 Å².